The third-order valence-corrected chi connectivity index (χ3v) is 5.36. The van der Waals surface area contributed by atoms with Crippen LogP contribution in [0.1, 0.15) is 44.5 Å². The van der Waals surface area contributed by atoms with E-state index in [-0.39, 0.29) is 5.56 Å². The van der Waals surface area contributed by atoms with Gasteiger partial charge in [-0.3, -0.25) is 9.59 Å². The largest absolute Gasteiger partial charge is 0.449 e. The number of hydrogen-bond acceptors (Lipinski definition) is 5. The van der Waals surface area contributed by atoms with Gasteiger partial charge in [0.15, 0.2) is 6.10 Å². The van der Waals surface area contributed by atoms with Crippen LogP contribution >= 0.6 is 11.3 Å². The monoisotopic (exact) mass is 376 g/mol. The molecule has 1 aromatic heterocycles. The molecule has 0 fully saturated rings. The average Bonchev–Trinajstić information content (AvgIpc) is 3.15. The lowest BCUT2D eigenvalue weighted by atomic mass is 10.1. The van der Waals surface area contributed by atoms with Gasteiger partial charge in [-0.25, -0.2) is 9.18 Å². The number of amides is 2. The third kappa shape index (κ3) is 3.45. The first-order valence-corrected chi connectivity index (χ1v) is 8.91. The van der Waals surface area contributed by atoms with E-state index < -0.39 is 29.7 Å². The van der Waals surface area contributed by atoms with Crippen molar-refractivity contribution in [3.8, 4) is 0 Å². The Hall–Kier alpha value is -2.74. The predicted molar refractivity (Wildman–Crippen MR) is 94.8 cm³/mol. The molecule has 0 bridgehead atoms. The lowest BCUT2D eigenvalue weighted by molar-refractivity contribution is -0.123. The maximum atomic E-state index is 13.6. The number of halogens is 1. The third-order valence-electron chi connectivity index (χ3n) is 4.15. The van der Waals surface area contributed by atoms with Gasteiger partial charge in [0.1, 0.15) is 10.8 Å². The molecule has 0 spiro atoms. The Balaban J connectivity index is 1.72. The van der Waals surface area contributed by atoms with Crippen LogP contribution in [0.2, 0.25) is 0 Å². The molecular formula is C18H17FN2O4S. The molecular weight excluding hydrogens is 359 g/mol. The van der Waals surface area contributed by atoms with Crippen molar-refractivity contribution in [2.45, 2.75) is 32.3 Å². The lowest BCUT2D eigenvalue weighted by Gasteiger charge is -2.14. The minimum absolute atomic E-state index is 0.250. The van der Waals surface area contributed by atoms with E-state index in [1.807, 2.05) is 0 Å². The zero-order valence-corrected chi connectivity index (χ0v) is 14.8. The Bertz CT molecular complexity index is 893. The minimum Gasteiger partial charge on any atom is -0.449 e. The Morgan fingerprint density at radius 3 is 2.69 bits per heavy atom. The average molecular weight is 376 g/mol. The summed E-state index contributed by atoms with van der Waals surface area (Å²) in [6, 6.07) is 5.35. The molecule has 1 aliphatic rings. The number of nitrogens with one attached hydrogen (secondary N) is 1. The summed E-state index contributed by atoms with van der Waals surface area (Å²) in [4.78, 5) is 37.1. The van der Waals surface area contributed by atoms with Crippen LogP contribution < -0.4 is 11.1 Å². The molecule has 3 rings (SSSR count). The van der Waals surface area contributed by atoms with Gasteiger partial charge in [-0.05, 0) is 43.9 Å². The van der Waals surface area contributed by atoms with Crippen molar-refractivity contribution in [2.75, 3.05) is 5.32 Å². The van der Waals surface area contributed by atoms with Crippen LogP contribution in [0.5, 0.6) is 0 Å². The molecule has 3 N–H and O–H groups in total. The molecule has 26 heavy (non-hydrogen) atoms. The van der Waals surface area contributed by atoms with E-state index >= 15 is 0 Å². The quantitative estimate of drug-likeness (QED) is 0.784. The number of aryl methyl sites for hydroxylation is 1. The number of carbonyl (C=O) groups excluding carboxylic acids is 3. The summed E-state index contributed by atoms with van der Waals surface area (Å²) in [7, 11) is 0. The van der Waals surface area contributed by atoms with Gasteiger partial charge in [-0.2, -0.15) is 0 Å². The number of carbonyl (C=O) groups is 3. The molecule has 0 saturated carbocycles. The number of primary amides is 1. The topological polar surface area (TPSA) is 98.5 Å². The highest BCUT2D eigenvalue weighted by atomic mass is 32.1. The number of esters is 1. The van der Waals surface area contributed by atoms with Crippen molar-refractivity contribution in [2.24, 2.45) is 5.73 Å². The van der Waals surface area contributed by atoms with Crippen molar-refractivity contribution < 1.29 is 23.5 Å². The van der Waals surface area contributed by atoms with Crippen LogP contribution in [-0.4, -0.2) is 23.9 Å². The highest BCUT2D eigenvalue weighted by molar-refractivity contribution is 7.17. The first-order chi connectivity index (χ1) is 12.4. The highest BCUT2D eigenvalue weighted by Gasteiger charge is 2.28. The molecule has 0 saturated heterocycles. The number of benzene rings is 1. The van der Waals surface area contributed by atoms with E-state index in [9.17, 15) is 18.8 Å². The van der Waals surface area contributed by atoms with Crippen LogP contribution in [-0.2, 0) is 22.4 Å². The summed E-state index contributed by atoms with van der Waals surface area (Å²) in [6.07, 6.45) is 1.37. The lowest BCUT2D eigenvalue weighted by Crippen LogP contribution is -2.30. The zero-order chi connectivity index (χ0) is 18.8. The number of fused-ring (bicyclic) bond motifs is 1. The normalized spacial score (nSPS) is 13.8. The van der Waals surface area contributed by atoms with Crippen LogP contribution in [0.25, 0.3) is 0 Å². The van der Waals surface area contributed by atoms with Gasteiger partial charge in [-0.1, -0.05) is 12.1 Å². The number of rotatable bonds is 5. The summed E-state index contributed by atoms with van der Waals surface area (Å²) in [6.45, 7) is 1.37. The SMILES string of the molecule is C[C@H](OC(=O)c1ccccc1F)C(=O)Nc1sc2c(c1C(N)=O)CCC2. The van der Waals surface area contributed by atoms with Crippen molar-refractivity contribution in [3.05, 3.63) is 51.7 Å². The number of anilines is 1. The molecule has 0 radical (unpaired) electrons. The van der Waals surface area contributed by atoms with E-state index in [0.717, 1.165) is 35.8 Å². The Kier molecular flexibility index (Phi) is 5.03. The second kappa shape index (κ2) is 7.25. The molecule has 1 aromatic carbocycles. The van der Waals surface area contributed by atoms with Gasteiger partial charge in [0.05, 0.1) is 11.1 Å². The van der Waals surface area contributed by atoms with E-state index in [0.29, 0.717) is 10.6 Å². The molecule has 8 heteroatoms. The second-order valence-corrected chi connectivity index (χ2v) is 7.05. The van der Waals surface area contributed by atoms with E-state index in [2.05, 4.69) is 5.32 Å². The summed E-state index contributed by atoms with van der Waals surface area (Å²) in [5.74, 6) is -2.88. The van der Waals surface area contributed by atoms with Crippen molar-refractivity contribution >= 4 is 34.1 Å². The maximum Gasteiger partial charge on any atom is 0.341 e. The van der Waals surface area contributed by atoms with Gasteiger partial charge in [0.25, 0.3) is 11.8 Å². The molecule has 2 amide bonds. The number of ether oxygens (including phenoxy) is 1. The highest BCUT2D eigenvalue weighted by Crippen LogP contribution is 2.38. The molecule has 6 nitrogen and oxygen atoms in total. The molecule has 0 unspecified atom stereocenters. The van der Waals surface area contributed by atoms with E-state index in [1.165, 1.54) is 36.5 Å². The van der Waals surface area contributed by atoms with Crippen molar-refractivity contribution in [1.82, 2.24) is 0 Å². The van der Waals surface area contributed by atoms with Gasteiger partial charge >= 0.3 is 5.97 Å². The van der Waals surface area contributed by atoms with Crippen LogP contribution in [0.15, 0.2) is 24.3 Å². The van der Waals surface area contributed by atoms with Crippen LogP contribution in [0, 0.1) is 5.82 Å². The first kappa shape index (κ1) is 18.1. The van der Waals surface area contributed by atoms with Gasteiger partial charge < -0.3 is 15.8 Å². The van der Waals surface area contributed by atoms with Crippen molar-refractivity contribution in [1.29, 1.82) is 0 Å². The number of thiophene rings is 1. The molecule has 1 heterocycles. The van der Waals surface area contributed by atoms with Crippen LogP contribution in [0.4, 0.5) is 9.39 Å². The summed E-state index contributed by atoms with van der Waals surface area (Å²) in [5, 5.41) is 2.96. The van der Waals surface area contributed by atoms with Gasteiger partial charge in [0.2, 0.25) is 0 Å². The van der Waals surface area contributed by atoms with Gasteiger partial charge in [0, 0.05) is 4.88 Å². The van der Waals surface area contributed by atoms with E-state index in [1.54, 1.807) is 0 Å². The molecule has 1 atom stereocenters. The zero-order valence-electron chi connectivity index (χ0n) is 14.0. The molecule has 136 valence electrons. The van der Waals surface area contributed by atoms with Gasteiger partial charge in [-0.15, -0.1) is 11.3 Å². The smallest absolute Gasteiger partial charge is 0.341 e. The number of hydrogen-bond donors (Lipinski definition) is 2. The predicted octanol–water partition coefficient (Wildman–Crippen LogP) is 2.66. The van der Waals surface area contributed by atoms with E-state index in [4.69, 9.17) is 10.5 Å². The standard InChI is InChI=1S/C18H17FN2O4S/c1-9(25-18(24)10-5-2-3-7-12(10)19)16(23)21-17-14(15(20)22)11-6-4-8-13(11)26-17/h2-3,5,7,9H,4,6,8H2,1H3,(H2,20,22)(H,21,23)/t9-/m0/s1. The van der Waals surface area contributed by atoms with Crippen LogP contribution in [0.3, 0.4) is 0 Å². The molecule has 1 aliphatic carbocycles. The molecule has 0 aliphatic heterocycles. The summed E-state index contributed by atoms with van der Waals surface area (Å²) >= 11 is 1.31. The summed E-state index contributed by atoms with van der Waals surface area (Å²) in [5.41, 5.74) is 6.40. The fraction of sp³-hybridized carbons (Fsp3) is 0.278. The Morgan fingerprint density at radius 2 is 2.00 bits per heavy atom. The number of nitrogens with two attached hydrogens (primary N) is 1. The first-order valence-electron chi connectivity index (χ1n) is 8.09. The maximum absolute atomic E-state index is 13.6. The Morgan fingerprint density at radius 1 is 1.27 bits per heavy atom. The molecule has 2 aromatic rings. The fourth-order valence-corrected chi connectivity index (χ4v) is 4.17. The fourth-order valence-electron chi connectivity index (χ4n) is 2.87. The Labute approximate surface area is 153 Å². The second-order valence-electron chi connectivity index (χ2n) is 5.94. The van der Waals surface area contributed by atoms with Crippen molar-refractivity contribution in [3.63, 3.8) is 0 Å². The minimum atomic E-state index is -1.17. The summed E-state index contributed by atoms with van der Waals surface area (Å²) < 4.78 is 18.6.